The van der Waals surface area contributed by atoms with Crippen LogP contribution in [-0.4, -0.2) is 52.5 Å². The van der Waals surface area contributed by atoms with Crippen molar-refractivity contribution in [1.82, 2.24) is 19.8 Å². The number of nitrogens with zero attached hydrogens (tertiary/aromatic N) is 4. The molecular formula is C19H27N5S. The number of allylic oxidation sites excluding steroid dienone is 1. The molecule has 2 aromatic heterocycles. The van der Waals surface area contributed by atoms with Crippen molar-refractivity contribution >= 4 is 16.5 Å². The summed E-state index contributed by atoms with van der Waals surface area (Å²) in [4.78, 5) is 15.2. The van der Waals surface area contributed by atoms with E-state index in [-0.39, 0.29) is 0 Å². The van der Waals surface area contributed by atoms with E-state index in [1.165, 1.54) is 10.4 Å². The van der Waals surface area contributed by atoms with Crippen molar-refractivity contribution in [3.05, 3.63) is 52.9 Å². The molecule has 0 spiro atoms. The van der Waals surface area contributed by atoms with Gasteiger partial charge in [0.05, 0.1) is 0 Å². The van der Waals surface area contributed by atoms with Gasteiger partial charge in [-0.15, -0.1) is 11.3 Å². The second-order valence-electron chi connectivity index (χ2n) is 6.92. The van der Waals surface area contributed by atoms with Gasteiger partial charge in [0.15, 0.2) is 5.13 Å². The first-order chi connectivity index (χ1) is 12.0. The van der Waals surface area contributed by atoms with E-state index >= 15 is 0 Å². The fourth-order valence-corrected chi connectivity index (χ4v) is 4.04. The molecule has 1 atom stereocenters. The van der Waals surface area contributed by atoms with E-state index in [9.17, 15) is 0 Å². The lowest BCUT2D eigenvalue weighted by Gasteiger charge is -2.39. The third-order valence-corrected chi connectivity index (χ3v) is 5.46. The second-order valence-corrected chi connectivity index (χ2v) is 8.03. The van der Waals surface area contributed by atoms with Crippen molar-refractivity contribution in [2.75, 3.05) is 32.0 Å². The monoisotopic (exact) mass is 357 g/mol. The maximum atomic E-state index is 4.43. The van der Waals surface area contributed by atoms with Crippen LogP contribution in [-0.2, 0) is 13.0 Å². The normalized spacial score (nSPS) is 19.1. The Labute approximate surface area is 154 Å². The molecule has 134 valence electrons. The summed E-state index contributed by atoms with van der Waals surface area (Å²) in [5, 5.41) is 4.12. The van der Waals surface area contributed by atoms with Crippen molar-refractivity contribution in [1.29, 1.82) is 0 Å². The zero-order valence-electron chi connectivity index (χ0n) is 15.3. The predicted molar refractivity (Wildman–Crippen MR) is 105 cm³/mol. The number of aryl methyl sites for hydroxylation is 1. The number of hydrogen-bond acceptors (Lipinski definition) is 6. The highest BCUT2D eigenvalue weighted by molar-refractivity contribution is 7.15. The first-order valence-electron chi connectivity index (χ1n) is 8.71. The Hall–Kier alpha value is -1.76. The molecule has 1 aliphatic heterocycles. The summed E-state index contributed by atoms with van der Waals surface area (Å²) in [6, 6.07) is 4.83. The van der Waals surface area contributed by atoms with Crippen LogP contribution in [0.15, 0.2) is 36.8 Å². The van der Waals surface area contributed by atoms with Gasteiger partial charge in [0, 0.05) is 60.9 Å². The number of rotatable bonds is 6. The van der Waals surface area contributed by atoms with Crippen LogP contribution in [0.5, 0.6) is 0 Å². The predicted octanol–water partition coefficient (Wildman–Crippen LogP) is 3.15. The molecular weight excluding hydrogens is 330 g/mol. The third-order valence-electron chi connectivity index (χ3n) is 4.56. The Morgan fingerprint density at radius 2 is 2.16 bits per heavy atom. The molecule has 25 heavy (non-hydrogen) atoms. The topological polar surface area (TPSA) is 44.3 Å². The molecule has 1 fully saturated rings. The van der Waals surface area contributed by atoms with E-state index in [1.54, 1.807) is 11.3 Å². The number of piperazine rings is 1. The maximum Gasteiger partial charge on any atom is 0.187 e. The van der Waals surface area contributed by atoms with Gasteiger partial charge in [0.2, 0.25) is 0 Å². The summed E-state index contributed by atoms with van der Waals surface area (Å²) in [5.41, 5.74) is 3.31. The summed E-state index contributed by atoms with van der Waals surface area (Å²) >= 11 is 1.71. The SMILES string of the molecule is C=C(C)Nc1ncc(CN2CCN(C)C(Cc3ccc(C)nc3)C2)s1. The first-order valence-corrected chi connectivity index (χ1v) is 9.52. The van der Waals surface area contributed by atoms with Crippen molar-refractivity contribution in [2.45, 2.75) is 32.9 Å². The number of thiazole rings is 1. The van der Waals surface area contributed by atoms with Crippen LogP contribution in [0.3, 0.4) is 0 Å². The van der Waals surface area contributed by atoms with Crippen LogP contribution < -0.4 is 5.32 Å². The van der Waals surface area contributed by atoms with E-state index in [1.807, 2.05) is 26.2 Å². The van der Waals surface area contributed by atoms with Crippen molar-refractivity contribution < 1.29 is 0 Å². The standard InChI is InChI=1S/C19H27N5S/c1-14(2)22-19-21-11-18(25-19)13-24-8-7-23(4)17(12-24)9-16-6-5-15(3)20-10-16/h5-6,10-11,17H,1,7-9,12-13H2,2-4H3,(H,21,22). The molecule has 3 heterocycles. The van der Waals surface area contributed by atoms with Crippen LogP contribution in [0.2, 0.25) is 0 Å². The lowest BCUT2D eigenvalue weighted by Crippen LogP contribution is -2.51. The lowest BCUT2D eigenvalue weighted by atomic mass is 10.0. The zero-order valence-corrected chi connectivity index (χ0v) is 16.1. The van der Waals surface area contributed by atoms with Gasteiger partial charge in [-0.3, -0.25) is 9.88 Å². The van der Waals surface area contributed by atoms with Crippen LogP contribution in [0.1, 0.15) is 23.1 Å². The minimum Gasteiger partial charge on any atom is -0.336 e. The lowest BCUT2D eigenvalue weighted by molar-refractivity contribution is 0.0911. The van der Waals surface area contributed by atoms with Crippen LogP contribution in [0.25, 0.3) is 0 Å². The van der Waals surface area contributed by atoms with Crippen LogP contribution in [0, 0.1) is 6.92 Å². The Bertz CT molecular complexity index is 709. The highest BCUT2D eigenvalue weighted by Gasteiger charge is 2.25. The molecule has 0 amide bonds. The smallest absolute Gasteiger partial charge is 0.187 e. The molecule has 1 saturated heterocycles. The van der Waals surface area contributed by atoms with Crippen molar-refractivity contribution in [2.24, 2.45) is 0 Å². The van der Waals surface area contributed by atoms with E-state index in [4.69, 9.17) is 0 Å². The Balaban J connectivity index is 1.59. The van der Waals surface area contributed by atoms with Crippen LogP contribution >= 0.6 is 11.3 Å². The molecule has 1 unspecified atom stereocenters. The van der Waals surface area contributed by atoms with Gasteiger partial charge in [0.25, 0.3) is 0 Å². The minimum atomic E-state index is 0.527. The number of aromatic nitrogens is 2. The summed E-state index contributed by atoms with van der Waals surface area (Å²) < 4.78 is 0. The van der Waals surface area contributed by atoms with Crippen molar-refractivity contribution in [3.8, 4) is 0 Å². The number of pyridine rings is 1. The quantitative estimate of drug-likeness (QED) is 0.860. The van der Waals surface area contributed by atoms with E-state index in [0.717, 1.165) is 49.1 Å². The molecule has 0 bridgehead atoms. The zero-order chi connectivity index (χ0) is 17.8. The molecule has 0 radical (unpaired) electrons. The second kappa shape index (κ2) is 8.08. The Kier molecular flexibility index (Phi) is 5.83. The highest BCUT2D eigenvalue weighted by Crippen LogP contribution is 2.22. The molecule has 1 aliphatic rings. The van der Waals surface area contributed by atoms with Crippen LogP contribution in [0.4, 0.5) is 5.13 Å². The van der Waals surface area contributed by atoms with E-state index in [2.05, 4.69) is 50.8 Å². The van der Waals surface area contributed by atoms with Gasteiger partial charge in [-0.1, -0.05) is 12.6 Å². The molecule has 2 aromatic rings. The van der Waals surface area contributed by atoms with E-state index < -0.39 is 0 Å². The number of likely N-dealkylation sites (N-methyl/N-ethyl adjacent to an activating group) is 1. The van der Waals surface area contributed by atoms with Gasteiger partial charge >= 0.3 is 0 Å². The summed E-state index contributed by atoms with van der Waals surface area (Å²) in [6.07, 6.45) is 5.04. The summed E-state index contributed by atoms with van der Waals surface area (Å²) in [5.74, 6) is 0. The minimum absolute atomic E-state index is 0.527. The van der Waals surface area contributed by atoms with E-state index in [0.29, 0.717) is 6.04 Å². The number of nitrogens with one attached hydrogen (secondary N) is 1. The molecule has 0 saturated carbocycles. The average Bonchev–Trinajstić information content (AvgIpc) is 2.99. The summed E-state index contributed by atoms with van der Waals surface area (Å²) in [6.45, 7) is 12.1. The number of hydrogen-bond donors (Lipinski definition) is 1. The third kappa shape index (κ3) is 5.11. The van der Waals surface area contributed by atoms with Gasteiger partial charge in [-0.05, 0) is 38.9 Å². The first kappa shape index (κ1) is 18.0. The highest BCUT2D eigenvalue weighted by atomic mass is 32.1. The van der Waals surface area contributed by atoms with Crippen molar-refractivity contribution in [3.63, 3.8) is 0 Å². The fraction of sp³-hybridized carbons (Fsp3) is 0.474. The Morgan fingerprint density at radius 3 is 2.88 bits per heavy atom. The molecule has 0 aliphatic carbocycles. The van der Waals surface area contributed by atoms with Gasteiger partial charge in [-0.2, -0.15) is 0 Å². The maximum absolute atomic E-state index is 4.43. The molecule has 0 aromatic carbocycles. The Morgan fingerprint density at radius 1 is 1.32 bits per heavy atom. The molecule has 1 N–H and O–H groups in total. The van der Waals surface area contributed by atoms with Gasteiger partial charge < -0.3 is 10.2 Å². The van der Waals surface area contributed by atoms with Gasteiger partial charge in [0.1, 0.15) is 0 Å². The molecule has 5 nitrogen and oxygen atoms in total. The average molecular weight is 358 g/mol. The molecule has 3 rings (SSSR count). The number of anilines is 1. The molecule has 6 heteroatoms. The van der Waals surface area contributed by atoms with Gasteiger partial charge in [-0.25, -0.2) is 4.98 Å². The largest absolute Gasteiger partial charge is 0.336 e. The summed E-state index contributed by atoms with van der Waals surface area (Å²) in [7, 11) is 2.23. The fourth-order valence-electron chi connectivity index (χ4n) is 3.11.